The summed E-state index contributed by atoms with van der Waals surface area (Å²) in [6, 6.07) is 1.74. The summed E-state index contributed by atoms with van der Waals surface area (Å²) in [5.74, 6) is -0.979. The third-order valence-electron chi connectivity index (χ3n) is 3.09. The topological polar surface area (TPSA) is 82.5 Å². The number of carboxylic acids is 1. The normalized spacial score (nSPS) is 11.4. The highest BCUT2D eigenvalue weighted by Gasteiger charge is 2.20. The Labute approximate surface area is 113 Å². The summed E-state index contributed by atoms with van der Waals surface area (Å²) in [4.78, 5) is 15.5. The molecule has 1 heterocycles. The number of hydrogen-bond acceptors (Lipinski definition) is 4. The molecule has 0 aromatic carbocycles. The number of aliphatic hydroxyl groups excluding tert-OH is 1. The third-order valence-corrected chi connectivity index (χ3v) is 3.09. The van der Waals surface area contributed by atoms with Crippen molar-refractivity contribution >= 4 is 11.7 Å². The fourth-order valence-electron chi connectivity index (χ4n) is 1.96. The predicted molar refractivity (Wildman–Crippen MR) is 74.6 cm³/mol. The number of rotatable bonds is 6. The molecule has 0 saturated heterocycles. The van der Waals surface area contributed by atoms with Crippen molar-refractivity contribution in [3.05, 3.63) is 23.0 Å². The van der Waals surface area contributed by atoms with Gasteiger partial charge in [-0.05, 0) is 31.7 Å². The minimum Gasteiger partial charge on any atom is -0.478 e. The highest BCUT2D eigenvalue weighted by molar-refractivity contribution is 5.95. The Kier molecular flexibility index (Phi) is 4.89. The summed E-state index contributed by atoms with van der Waals surface area (Å²) >= 11 is 0. The van der Waals surface area contributed by atoms with E-state index < -0.39 is 5.97 Å². The Bertz CT molecular complexity index is 470. The predicted octanol–water partition coefficient (Wildman–Crippen LogP) is 2.22. The SMILES string of the molecule is Cc1cc(NCC(C)(C)CCO)c(C(=O)O)c(C)n1. The van der Waals surface area contributed by atoms with E-state index >= 15 is 0 Å². The molecule has 0 aliphatic rings. The maximum atomic E-state index is 11.3. The lowest BCUT2D eigenvalue weighted by Crippen LogP contribution is -2.25. The maximum absolute atomic E-state index is 11.3. The van der Waals surface area contributed by atoms with Crippen molar-refractivity contribution in [2.45, 2.75) is 34.1 Å². The number of carbonyl (C=O) groups is 1. The number of aromatic nitrogens is 1. The summed E-state index contributed by atoms with van der Waals surface area (Å²) in [7, 11) is 0. The van der Waals surface area contributed by atoms with E-state index in [1.807, 2.05) is 20.8 Å². The van der Waals surface area contributed by atoms with Crippen LogP contribution in [0, 0.1) is 19.3 Å². The molecule has 1 rings (SSSR count). The van der Waals surface area contributed by atoms with Crippen LogP contribution in [0.4, 0.5) is 5.69 Å². The molecule has 0 spiro atoms. The first-order valence-corrected chi connectivity index (χ1v) is 6.33. The zero-order chi connectivity index (χ0) is 14.6. The van der Waals surface area contributed by atoms with Crippen LogP contribution in [0.3, 0.4) is 0 Å². The van der Waals surface area contributed by atoms with Gasteiger partial charge in [-0.2, -0.15) is 0 Å². The Morgan fingerprint density at radius 1 is 1.42 bits per heavy atom. The fraction of sp³-hybridized carbons (Fsp3) is 0.571. The molecule has 1 aromatic rings. The van der Waals surface area contributed by atoms with Gasteiger partial charge in [0.15, 0.2) is 0 Å². The van der Waals surface area contributed by atoms with Gasteiger partial charge >= 0.3 is 5.97 Å². The van der Waals surface area contributed by atoms with Crippen LogP contribution in [0.1, 0.15) is 42.0 Å². The van der Waals surface area contributed by atoms with Crippen LogP contribution in [-0.4, -0.2) is 34.3 Å². The molecule has 0 atom stereocenters. The van der Waals surface area contributed by atoms with Crippen molar-refractivity contribution in [1.29, 1.82) is 0 Å². The lowest BCUT2D eigenvalue weighted by Gasteiger charge is -2.25. The van der Waals surface area contributed by atoms with Crippen molar-refractivity contribution in [1.82, 2.24) is 4.98 Å². The Balaban J connectivity index is 2.97. The Morgan fingerprint density at radius 2 is 2.05 bits per heavy atom. The molecule has 0 bridgehead atoms. The molecule has 5 nitrogen and oxygen atoms in total. The van der Waals surface area contributed by atoms with E-state index in [0.29, 0.717) is 24.3 Å². The van der Waals surface area contributed by atoms with Crippen molar-refractivity contribution in [3.8, 4) is 0 Å². The summed E-state index contributed by atoms with van der Waals surface area (Å²) in [5, 5.41) is 21.4. The largest absolute Gasteiger partial charge is 0.478 e. The minimum atomic E-state index is -0.979. The third kappa shape index (κ3) is 4.21. The number of aryl methyl sites for hydroxylation is 2. The lowest BCUT2D eigenvalue weighted by molar-refractivity contribution is 0.0696. The van der Waals surface area contributed by atoms with Gasteiger partial charge in [0.25, 0.3) is 0 Å². The van der Waals surface area contributed by atoms with E-state index in [-0.39, 0.29) is 17.6 Å². The number of anilines is 1. The second kappa shape index (κ2) is 6.02. The molecule has 0 unspecified atom stereocenters. The average molecular weight is 266 g/mol. The number of nitrogens with zero attached hydrogens (tertiary/aromatic N) is 1. The van der Waals surface area contributed by atoms with Gasteiger partial charge in [-0.1, -0.05) is 13.8 Å². The van der Waals surface area contributed by atoms with Gasteiger partial charge in [0.05, 0.1) is 11.4 Å². The molecular weight excluding hydrogens is 244 g/mol. The fourth-order valence-corrected chi connectivity index (χ4v) is 1.96. The lowest BCUT2D eigenvalue weighted by atomic mass is 9.89. The maximum Gasteiger partial charge on any atom is 0.339 e. The minimum absolute atomic E-state index is 0.102. The molecule has 5 heteroatoms. The first-order chi connectivity index (χ1) is 8.76. The van der Waals surface area contributed by atoms with Gasteiger partial charge in [0.2, 0.25) is 0 Å². The highest BCUT2D eigenvalue weighted by atomic mass is 16.4. The summed E-state index contributed by atoms with van der Waals surface area (Å²) in [6.45, 7) is 8.30. The smallest absolute Gasteiger partial charge is 0.339 e. The van der Waals surface area contributed by atoms with Gasteiger partial charge in [0.1, 0.15) is 5.56 Å². The van der Waals surface area contributed by atoms with Crippen molar-refractivity contribution in [2.75, 3.05) is 18.5 Å². The van der Waals surface area contributed by atoms with Crippen molar-refractivity contribution in [3.63, 3.8) is 0 Å². The van der Waals surface area contributed by atoms with Gasteiger partial charge < -0.3 is 15.5 Å². The van der Waals surface area contributed by atoms with Gasteiger partial charge in [-0.25, -0.2) is 4.79 Å². The molecule has 0 aliphatic heterocycles. The van der Waals surface area contributed by atoms with Gasteiger partial charge in [-0.3, -0.25) is 4.98 Å². The summed E-state index contributed by atoms with van der Waals surface area (Å²) in [5.41, 5.74) is 1.99. The first-order valence-electron chi connectivity index (χ1n) is 6.33. The molecule has 0 aliphatic carbocycles. The molecule has 3 N–H and O–H groups in total. The van der Waals surface area contributed by atoms with Crippen LogP contribution in [-0.2, 0) is 0 Å². The molecule has 19 heavy (non-hydrogen) atoms. The van der Waals surface area contributed by atoms with E-state index in [1.54, 1.807) is 13.0 Å². The number of pyridine rings is 1. The zero-order valence-corrected chi connectivity index (χ0v) is 11.9. The van der Waals surface area contributed by atoms with Crippen LogP contribution in [0.2, 0.25) is 0 Å². The van der Waals surface area contributed by atoms with Gasteiger partial charge in [-0.15, -0.1) is 0 Å². The van der Waals surface area contributed by atoms with Crippen molar-refractivity contribution < 1.29 is 15.0 Å². The number of aromatic carboxylic acids is 1. The van der Waals surface area contributed by atoms with Crippen LogP contribution >= 0.6 is 0 Å². The van der Waals surface area contributed by atoms with E-state index in [1.165, 1.54) is 0 Å². The molecule has 1 aromatic heterocycles. The van der Waals surface area contributed by atoms with Gasteiger partial charge in [0, 0.05) is 18.8 Å². The summed E-state index contributed by atoms with van der Waals surface area (Å²) in [6.07, 6.45) is 0.658. The van der Waals surface area contributed by atoms with Crippen LogP contribution in [0.25, 0.3) is 0 Å². The van der Waals surface area contributed by atoms with E-state index in [4.69, 9.17) is 5.11 Å². The second-order valence-electron chi connectivity index (χ2n) is 5.57. The Hall–Kier alpha value is -1.62. The monoisotopic (exact) mass is 266 g/mol. The molecule has 106 valence electrons. The second-order valence-corrected chi connectivity index (χ2v) is 5.57. The highest BCUT2D eigenvalue weighted by Crippen LogP contribution is 2.24. The number of carboxylic acid groups (broad SMARTS) is 1. The molecular formula is C14H22N2O3. The first kappa shape index (κ1) is 15.4. The van der Waals surface area contributed by atoms with Crippen LogP contribution in [0.5, 0.6) is 0 Å². The van der Waals surface area contributed by atoms with E-state index in [0.717, 1.165) is 5.69 Å². The molecule has 0 fully saturated rings. The molecule has 0 radical (unpaired) electrons. The standard InChI is InChI=1S/C14H22N2O3/c1-9-7-11(12(13(18)19)10(2)16-9)15-8-14(3,4)5-6-17/h7,17H,5-6,8H2,1-4H3,(H,15,16)(H,18,19). The zero-order valence-electron chi connectivity index (χ0n) is 11.9. The number of aliphatic hydroxyl groups is 1. The number of nitrogens with one attached hydrogen (secondary N) is 1. The average Bonchev–Trinajstić information content (AvgIpc) is 2.24. The molecule has 0 saturated carbocycles. The van der Waals surface area contributed by atoms with Crippen LogP contribution in [0.15, 0.2) is 6.07 Å². The van der Waals surface area contributed by atoms with Crippen molar-refractivity contribution in [2.24, 2.45) is 5.41 Å². The Morgan fingerprint density at radius 3 is 2.58 bits per heavy atom. The quantitative estimate of drug-likeness (QED) is 0.735. The molecule has 0 amide bonds. The summed E-state index contributed by atoms with van der Waals surface area (Å²) < 4.78 is 0. The van der Waals surface area contributed by atoms with Crippen LogP contribution < -0.4 is 5.32 Å². The van der Waals surface area contributed by atoms with E-state index in [9.17, 15) is 9.90 Å². The number of hydrogen-bond donors (Lipinski definition) is 3. The van der Waals surface area contributed by atoms with E-state index in [2.05, 4.69) is 10.3 Å².